The second-order valence-corrected chi connectivity index (χ2v) is 1.49. The Morgan fingerprint density at radius 2 is 2.00 bits per heavy atom. The molecule has 0 aliphatic carbocycles. The van der Waals surface area contributed by atoms with E-state index in [4.69, 9.17) is 9.90 Å². The van der Waals surface area contributed by atoms with Crippen LogP contribution in [0.2, 0.25) is 0 Å². The van der Waals surface area contributed by atoms with E-state index in [0.29, 0.717) is 0 Å². The van der Waals surface area contributed by atoms with Gasteiger partial charge in [-0.05, 0) is 6.07 Å². The minimum absolute atomic E-state index is 1.51. The number of halogens is 3. The van der Waals surface area contributed by atoms with Crippen molar-refractivity contribution in [3.05, 3.63) is 18.5 Å². The Labute approximate surface area is 64.6 Å². The van der Waals surface area contributed by atoms with Crippen LogP contribution in [-0.2, 0) is 4.79 Å². The van der Waals surface area contributed by atoms with E-state index in [1.807, 2.05) is 0 Å². The summed E-state index contributed by atoms with van der Waals surface area (Å²) in [5.74, 6) is -2.76. The van der Waals surface area contributed by atoms with Crippen molar-refractivity contribution in [3.63, 3.8) is 0 Å². The quantitative estimate of drug-likeness (QED) is 0.658. The first-order valence-electron chi connectivity index (χ1n) is 2.59. The van der Waals surface area contributed by atoms with E-state index in [0.717, 1.165) is 0 Å². The number of aromatic nitrogens is 1. The van der Waals surface area contributed by atoms with Gasteiger partial charge in [0.2, 0.25) is 0 Å². The summed E-state index contributed by atoms with van der Waals surface area (Å²) < 4.78 is 36.1. The van der Waals surface area contributed by atoms with Gasteiger partial charge in [0.25, 0.3) is 0 Å². The van der Waals surface area contributed by atoms with Gasteiger partial charge in [0.1, 0.15) is 6.26 Å². The Morgan fingerprint density at radius 1 is 1.50 bits per heavy atom. The van der Waals surface area contributed by atoms with Crippen molar-refractivity contribution in [3.8, 4) is 0 Å². The third kappa shape index (κ3) is 5.27. The molecule has 0 aliphatic rings. The standard InChI is InChI=1S/C3H3NO.C2HF3O2/c1-2-4-5-3-1;3-2(4,5)1(6)7/h1-3H;(H,6,7). The molecule has 1 rings (SSSR count). The van der Waals surface area contributed by atoms with Crippen LogP contribution in [0.1, 0.15) is 0 Å². The molecule has 0 aromatic carbocycles. The molecular formula is C5H4F3NO3. The Morgan fingerprint density at radius 3 is 2.08 bits per heavy atom. The van der Waals surface area contributed by atoms with Crippen LogP contribution in [0.15, 0.2) is 23.0 Å². The van der Waals surface area contributed by atoms with Crippen LogP contribution in [0.4, 0.5) is 13.2 Å². The summed E-state index contributed by atoms with van der Waals surface area (Å²) in [5, 5.41) is 10.5. The molecule has 1 heterocycles. The number of carbonyl (C=O) groups is 1. The third-order valence-electron chi connectivity index (χ3n) is 0.590. The number of carboxylic acids is 1. The highest BCUT2D eigenvalue weighted by Crippen LogP contribution is 2.13. The molecule has 1 aromatic heterocycles. The van der Waals surface area contributed by atoms with E-state index >= 15 is 0 Å². The highest BCUT2D eigenvalue weighted by molar-refractivity contribution is 5.73. The lowest BCUT2D eigenvalue weighted by atomic mass is 10.7. The number of hydrogen-bond acceptors (Lipinski definition) is 3. The van der Waals surface area contributed by atoms with Gasteiger partial charge in [-0.15, -0.1) is 0 Å². The van der Waals surface area contributed by atoms with Gasteiger partial charge in [-0.1, -0.05) is 5.16 Å². The Bertz CT molecular complexity index is 201. The fourth-order valence-electron chi connectivity index (χ4n) is 0.176. The average Bonchev–Trinajstić information content (AvgIpc) is 2.39. The molecule has 1 N–H and O–H groups in total. The third-order valence-corrected chi connectivity index (χ3v) is 0.590. The van der Waals surface area contributed by atoms with E-state index in [1.54, 1.807) is 12.3 Å². The lowest BCUT2D eigenvalue weighted by Gasteiger charge is -1.93. The van der Waals surface area contributed by atoms with Crippen molar-refractivity contribution in [2.24, 2.45) is 0 Å². The van der Waals surface area contributed by atoms with Crippen molar-refractivity contribution in [1.82, 2.24) is 5.16 Å². The average molecular weight is 183 g/mol. The molecule has 68 valence electrons. The largest absolute Gasteiger partial charge is 0.490 e. The van der Waals surface area contributed by atoms with Crippen molar-refractivity contribution in [2.75, 3.05) is 0 Å². The van der Waals surface area contributed by atoms with Gasteiger partial charge in [0.05, 0.1) is 6.20 Å². The van der Waals surface area contributed by atoms with Crippen LogP contribution in [0.25, 0.3) is 0 Å². The van der Waals surface area contributed by atoms with Crippen LogP contribution >= 0.6 is 0 Å². The normalized spacial score (nSPS) is 9.92. The van der Waals surface area contributed by atoms with Gasteiger partial charge < -0.3 is 9.63 Å². The lowest BCUT2D eigenvalue weighted by molar-refractivity contribution is -0.192. The van der Waals surface area contributed by atoms with Crippen LogP contribution in [-0.4, -0.2) is 22.4 Å². The SMILES string of the molecule is O=C(O)C(F)(F)F.c1cnoc1. The maximum atomic E-state index is 10.6. The first-order valence-corrected chi connectivity index (χ1v) is 2.59. The first-order chi connectivity index (χ1) is 5.44. The maximum absolute atomic E-state index is 10.6. The van der Waals surface area contributed by atoms with Gasteiger partial charge >= 0.3 is 12.1 Å². The van der Waals surface area contributed by atoms with Crippen molar-refractivity contribution < 1.29 is 27.6 Å². The van der Waals surface area contributed by atoms with E-state index in [9.17, 15) is 13.2 Å². The Balaban J connectivity index is 0.000000211. The predicted octanol–water partition coefficient (Wildman–Crippen LogP) is 1.31. The van der Waals surface area contributed by atoms with E-state index < -0.39 is 12.1 Å². The predicted molar refractivity (Wildman–Crippen MR) is 30.2 cm³/mol. The molecule has 0 amide bonds. The molecule has 0 bridgehead atoms. The first kappa shape index (κ1) is 10.5. The van der Waals surface area contributed by atoms with Gasteiger partial charge in [0, 0.05) is 0 Å². The minimum Gasteiger partial charge on any atom is -0.475 e. The fraction of sp³-hybridized carbons (Fsp3) is 0.200. The number of carboxylic acid groups (broad SMARTS) is 1. The van der Waals surface area contributed by atoms with Crippen molar-refractivity contribution >= 4 is 5.97 Å². The highest BCUT2D eigenvalue weighted by Gasteiger charge is 2.38. The van der Waals surface area contributed by atoms with E-state index in [1.165, 1.54) is 6.26 Å². The second-order valence-electron chi connectivity index (χ2n) is 1.49. The summed E-state index contributed by atoms with van der Waals surface area (Å²) in [5.41, 5.74) is 0. The highest BCUT2D eigenvalue weighted by atomic mass is 19.4. The lowest BCUT2D eigenvalue weighted by Crippen LogP contribution is -2.21. The van der Waals surface area contributed by atoms with Gasteiger partial charge in [-0.25, -0.2) is 4.79 Å². The van der Waals surface area contributed by atoms with Crippen LogP contribution < -0.4 is 0 Å². The summed E-state index contributed by atoms with van der Waals surface area (Å²) in [7, 11) is 0. The summed E-state index contributed by atoms with van der Waals surface area (Å²) in [4.78, 5) is 8.90. The van der Waals surface area contributed by atoms with Crippen molar-refractivity contribution in [1.29, 1.82) is 0 Å². The topological polar surface area (TPSA) is 63.3 Å². The molecule has 4 nitrogen and oxygen atoms in total. The van der Waals surface area contributed by atoms with E-state index in [-0.39, 0.29) is 0 Å². The molecule has 0 saturated carbocycles. The molecule has 7 heteroatoms. The minimum atomic E-state index is -5.08. The number of rotatable bonds is 0. The Kier molecular flexibility index (Phi) is 3.81. The van der Waals surface area contributed by atoms with Crippen LogP contribution in [0.5, 0.6) is 0 Å². The van der Waals surface area contributed by atoms with E-state index in [2.05, 4.69) is 9.68 Å². The zero-order valence-corrected chi connectivity index (χ0v) is 5.58. The maximum Gasteiger partial charge on any atom is 0.490 e. The van der Waals surface area contributed by atoms with Gasteiger partial charge in [-0.2, -0.15) is 13.2 Å². The van der Waals surface area contributed by atoms with Crippen LogP contribution in [0, 0.1) is 0 Å². The number of alkyl halides is 3. The number of nitrogens with zero attached hydrogens (tertiary/aromatic N) is 1. The summed E-state index contributed by atoms with van der Waals surface area (Å²) in [6.07, 6.45) is -1.99. The van der Waals surface area contributed by atoms with Crippen LogP contribution in [0.3, 0.4) is 0 Å². The Hall–Kier alpha value is -1.53. The fourth-order valence-corrected chi connectivity index (χ4v) is 0.176. The summed E-state index contributed by atoms with van der Waals surface area (Å²) >= 11 is 0. The molecule has 1 aromatic rings. The molecule has 0 fully saturated rings. The molecule has 12 heavy (non-hydrogen) atoms. The number of hydrogen-bond donors (Lipinski definition) is 1. The monoisotopic (exact) mass is 183 g/mol. The summed E-state index contributed by atoms with van der Waals surface area (Å²) in [6.45, 7) is 0. The number of aliphatic carboxylic acids is 1. The van der Waals surface area contributed by atoms with Gasteiger partial charge in [0.15, 0.2) is 0 Å². The molecule has 0 radical (unpaired) electrons. The van der Waals surface area contributed by atoms with Gasteiger partial charge in [-0.3, -0.25) is 0 Å². The molecule has 0 atom stereocenters. The smallest absolute Gasteiger partial charge is 0.475 e. The zero-order chi connectivity index (χ0) is 9.61. The molecular weight excluding hydrogens is 179 g/mol. The molecule has 0 unspecified atom stereocenters. The summed E-state index contributed by atoms with van der Waals surface area (Å²) in [6, 6.07) is 1.72. The zero-order valence-electron chi connectivity index (χ0n) is 5.58. The molecule has 0 aliphatic heterocycles. The molecule has 0 spiro atoms. The second kappa shape index (κ2) is 4.37. The molecule has 0 saturated heterocycles. The van der Waals surface area contributed by atoms with Crippen molar-refractivity contribution in [2.45, 2.75) is 6.18 Å².